The molecule has 2 heterocycles. The van der Waals surface area contributed by atoms with Crippen LogP contribution in [-0.2, 0) is 0 Å². The highest BCUT2D eigenvalue weighted by Crippen LogP contribution is 2.12. The van der Waals surface area contributed by atoms with Crippen LogP contribution in [0.1, 0.15) is 25.1 Å². The van der Waals surface area contributed by atoms with Crippen LogP contribution in [0, 0.1) is 6.92 Å². The molecule has 94 valence electrons. The van der Waals surface area contributed by atoms with Crippen molar-refractivity contribution in [1.29, 1.82) is 0 Å². The van der Waals surface area contributed by atoms with Crippen molar-refractivity contribution < 1.29 is 0 Å². The number of likely N-dealkylation sites (tertiary alicyclic amines) is 1. The van der Waals surface area contributed by atoms with Gasteiger partial charge in [0.05, 0.1) is 0 Å². The number of anilines is 1. The van der Waals surface area contributed by atoms with Gasteiger partial charge in [-0.3, -0.25) is 0 Å². The van der Waals surface area contributed by atoms with Gasteiger partial charge in [0.2, 0.25) is 0 Å². The van der Waals surface area contributed by atoms with E-state index < -0.39 is 0 Å². The van der Waals surface area contributed by atoms with Gasteiger partial charge >= 0.3 is 0 Å². The highest BCUT2D eigenvalue weighted by atomic mass is 79.9. The number of halogens is 1. The Labute approximate surface area is 111 Å². The Balaban J connectivity index is 1.77. The summed E-state index contributed by atoms with van der Waals surface area (Å²) in [6.45, 7) is 6.44. The Kier molecular flexibility index (Phi) is 4.74. The number of aromatic nitrogens is 2. The van der Waals surface area contributed by atoms with Gasteiger partial charge in [0.15, 0.2) is 0 Å². The summed E-state index contributed by atoms with van der Waals surface area (Å²) in [7, 11) is 0. The van der Waals surface area contributed by atoms with Gasteiger partial charge in [0.25, 0.3) is 0 Å². The smallest absolute Gasteiger partial charge is 0.130 e. The fraction of sp³-hybridized carbons (Fsp3) is 0.667. The molecule has 1 aliphatic rings. The maximum atomic E-state index is 4.35. The molecule has 2 rings (SSSR count). The van der Waals surface area contributed by atoms with E-state index in [1.807, 2.05) is 13.0 Å². The third-order valence-electron chi connectivity index (χ3n) is 2.99. The van der Waals surface area contributed by atoms with Crippen molar-refractivity contribution in [3.05, 3.63) is 16.5 Å². The Morgan fingerprint density at radius 3 is 2.76 bits per heavy atom. The number of piperidine rings is 1. The summed E-state index contributed by atoms with van der Waals surface area (Å²) in [5.74, 6) is 1.70. The summed E-state index contributed by atoms with van der Waals surface area (Å²) in [5.41, 5.74) is 0. The molecule has 17 heavy (non-hydrogen) atoms. The lowest BCUT2D eigenvalue weighted by Crippen LogP contribution is -2.33. The van der Waals surface area contributed by atoms with Gasteiger partial charge in [-0.2, -0.15) is 0 Å². The molecule has 0 amide bonds. The van der Waals surface area contributed by atoms with Gasteiger partial charge in [-0.15, -0.1) is 0 Å². The van der Waals surface area contributed by atoms with Crippen LogP contribution in [0.4, 0.5) is 5.82 Å². The quantitative estimate of drug-likeness (QED) is 0.867. The summed E-state index contributed by atoms with van der Waals surface area (Å²) < 4.78 is 0.838. The average molecular weight is 299 g/mol. The summed E-state index contributed by atoms with van der Waals surface area (Å²) >= 11 is 3.38. The largest absolute Gasteiger partial charge is 0.369 e. The van der Waals surface area contributed by atoms with Crippen molar-refractivity contribution in [3.63, 3.8) is 0 Å². The molecule has 0 aromatic carbocycles. The fourth-order valence-corrected chi connectivity index (χ4v) is 2.62. The van der Waals surface area contributed by atoms with Crippen LogP contribution < -0.4 is 5.32 Å². The topological polar surface area (TPSA) is 41.1 Å². The van der Waals surface area contributed by atoms with E-state index in [0.717, 1.165) is 29.3 Å². The van der Waals surface area contributed by atoms with Gasteiger partial charge in [-0.05, 0) is 48.8 Å². The highest BCUT2D eigenvalue weighted by molar-refractivity contribution is 9.10. The lowest BCUT2D eigenvalue weighted by Gasteiger charge is -2.26. The predicted molar refractivity (Wildman–Crippen MR) is 73.2 cm³/mol. The first-order valence-corrected chi connectivity index (χ1v) is 7.01. The molecule has 1 aliphatic heterocycles. The fourth-order valence-electron chi connectivity index (χ4n) is 2.15. The van der Waals surface area contributed by atoms with Crippen LogP contribution in [0.25, 0.3) is 0 Å². The molecule has 0 unspecified atom stereocenters. The Hall–Kier alpha value is -0.680. The monoisotopic (exact) mass is 298 g/mol. The number of rotatable bonds is 4. The summed E-state index contributed by atoms with van der Waals surface area (Å²) in [6, 6.07) is 1.92. The van der Waals surface area contributed by atoms with Gasteiger partial charge in [0, 0.05) is 19.2 Å². The predicted octanol–water partition coefficient (Wildman–Crippen LogP) is 2.45. The van der Waals surface area contributed by atoms with Crippen molar-refractivity contribution in [2.45, 2.75) is 26.2 Å². The number of nitrogens with zero attached hydrogens (tertiary/aromatic N) is 3. The first-order valence-electron chi connectivity index (χ1n) is 6.21. The maximum Gasteiger partial charge on any atom is 0.130 e. The van der Waals surface area contributed by atoms with E-state index in [0.29, 0.717) is 0 Å². The summed E-state index contributed by atoms with van der Waals surface area (Å²) in [5, 5.41) is 3.35. The normalized spacial score (nSPS) is 17.1. The lowest BCUT2D eigenvalue weighted by atomic mass is 10.1. The van der Waals surface area contributed by atoms with Gasteiger partial charge < -0.3 is 10.2 Å². The van der Waals surface area contributed by atoms with Crippen LogP contribution >= 0.6 is 15.9 Å². The van der Waals surface area contributed by atoms with Crippen LogP contribution in [-0.4, -0.2) is 41.0 Å². The maximum absolute atomic E-state index is 4.35. The third kappa shape index (κ3) is 4.24. The van der Waals surface area contributed by atoms with Crippen molar-refractivity contribution in [1.82, 2.24) is 14.9 Å². The van der Waals surface area contributed by atoms with Crippen molar-refractivity contribution in [2.75, 3.05) is 31.5 Å². The van der Waals surface area contributed by atoms with Crippen molar-refractivity contribution >= 4 is 21.7 Å². The molecule has 4 nitrogen and oxygen atoms in total. The molecule has 0 radical (unpaired) electrons. The van der Waals surface area contributed by atoms with Gasteiger partial charge in [0.1, 0.15) is 16.2 Å². The van der Waals surface area contributed by atoms with E-state index in [2.05, 4.69) is 36.1 Å². The molecule has 1 aromatic rings. The molecule has 1 fully saturated rings. The SMILES string of the molecule is Cc1nc(Br)cc(NCCN2CCCCC2)n1. The molecule has 1 aromatic heterocycles. The van der Waals surface area contributed by atoms with Crippen LogP contribution in [0.3, 0.4) is 0 Å². The Morgan fingerprint density at radius 1 is 1.29 bits per heavy atom. The summed E-state index contributed by atoms with van der Waals surface area (Å²) in [4.78, 5) is 11.0. The van der Waals surface area contributed by atoms with Gasteiger partial charge in [-0.1, -0.05) is 6.42 Å². The van der Waals surface area contributed by atoms with E-state index in [4.69, 9.17) is 0 Å². The minimum absolute atomic E-state index is 0.792. The second-order valence-electron chi connectivity index (χ2n) is 4.45. The van der Waals surface area contributed by atoms with E-state index in [-0.39, 0.29) is 0 Å². The lowest BCUT2D eigenvalue weighted by molar-refractivity contribution is 0.237. The summed E-state index contributed by atoms with van der Waals surface area (Å²) in [6.07, 6.45) is 4.08. The molecule has 0 aliphatic carbocycles. The highest BCUT2D eigenvalue weighted by Gasteiger charge is 2.09. The molecular weight excluding hydrogens is 280 g/mol. The molecular formula is C12H19BrN4. The van der Waals surface area contributed by atoms with E-state index in [1.54, 1.807) is 0 Å². The van der Waals surface area contributed by atoms with Gasteiger partial charge in [-0.25, -0.2) is 9.97 Å². The second kappa shape index (κ2) is 6.31. The zero-order valence-corrected chi connectivity index (χ0v) is 11.8. The van der Waals surface area contributed by atoms with Crippen LogP contribution in [0.5, 0.6) is 0 Å². The number of aryl methyl sites for hydroxylation is 1. The minimum atomic E-state index is 0.792. The zero-order chi connectivity index (χ0) is 12.1. The van der Waals surface area contributed by atoms with Crippen LogP contribution in [0.15, 0.2) is 10.7 Å². The second-order valence-corrected chi connectivity index (χ2v) is 5.26. The zero-order valence-electron chi connectivity index (χ0n) is 10.2. The molecule has 0 bridgehead atoms. The average Bonchev–Trinajstić information content (AvgIpc) is 2.29. The first-order chi connectivity index (χ1) is 8.24. The Morgan fingerprint density at radius 2 is 2.06 bits per heavy atom. The molecule has 1 N–H and O–H groups in total. The minimum Gasteiger partial charge on any atom is -0.369 e. The van der Waals surface area contributed by atoms with E-state index in [1.165, 1.54) is 32.4 Å². The standard InChI is InChI=1S/C12H19BrN4/c1-10-15-11(13)9-12(16-10)14-5-8-17-6-3-2-4-7-17/h9H,2-8H2,1H3,(H,14,15,16). The van der Waals surface area contributed by atoms with Crippen molar-refractivity contribution in [3.8, 4) is 0 Å². The molecule has 5 heteroatoms. The first kappa shape index (κ1) is 12.8. The number of nitrogens with one attached hydrogen (secondary N) is 1. The molecule has 0 atom stereocenters. The molecule has 1 saturated heterocycles. The number of hydrogen-bond donors (Lipinski definition) is 1. The van der Waals surface area contributed by atoms with Crippen LogP contribution in [0.2, 0.25) is 0 Å². The van der Waals surface area contributed by atoms with E-state index in [9.17, 15) is 0 Å². The van der Waals surface area contributed by atoms with Crippen molar-refractivity contribution in [2.24, 2.45) is 0 Å². The molecule has 0 spiro atoms. The number of hydrogen-bond acceptors (Lipinski definition) is 4. The molecule has 0 saturated carbocycles. The Bertz CT molecular complexity index is 343. The van der Waals surface area contributed by atoms with E-state index >= 15 is 0 Å². The third-order valence-corrected chi connectivity index (χ3v) is 3.40.